The van der Waals surface area contributed by atoms with Crippen molar-refractivity contribution in [3.05, 3.63) is 82.9 Å². The van der Waals surface area contributed by atoms with Crippen molar-refractivity contribution in [1.29, 1.82) is 0 Å². The van der Waals surface area contributed by atoms with Crippen molar-refractivity contribution >= 4 is 23.2 Å². The van der Waals surface area contributed by atoms with Gasteiger partial charge < -0.3 is 19.7 Å². The first-order valence-electron chi connectivity index (χ1n) is 11.7. The van der Waals surface area contributed by atoms with Gasteiger partial charge in [-0.25, -0.2) is 0 Å². The van der Waals surface area contributed by atoms with Gasteiger partial charge in [0.15, 0.2) is 6.61 Å². The first-order valence-corrected chi connectivity index (χ1v) is 11.7. The first kappa shape index (κ1) is 27.8. The van der Waals surface area contributed by atoms with Crippen LogP contribution < -0.4 is 19.7 Å². The lowest BCUT2D eigenvalue weighted by atomic mass is 10.0. The molecule has 1 heterocycles. The number of nitrogens with zero attached hydrogens (tertiary/aromatic N) is 1. The molecule has 12 heteroatoms. The number of hydrogen-bond acceptors (Lipinski definition) is 4. The Balaban J connectivity index is 1.50. The van der Waals surface area contributed by atoms with Crippen molar-refractivity contribution < 1.29 is 45.4 Å². The molecular weight excluding hydrogens is 530 g/mol. The lowest BCUT2D eigenvalue weighted by molar-refractivity contribution is -0.143. The molecule has 0 aliphatic carbocycles. The molecule has 0 bridgehead atoms. The summed E-state index contributed by atoms with van der Waals surface area (Å²) in [5.41, 5.74) is -2.67. The van der Waals surface area contributed by atoms with E-state index in [2.05, 4.69) is 5.32 Å². The SMILES string of the molecule is Cc1cccc(OCCCN2C(=O)COc3ccc(NC(=O)c4cc(C(F)(F)F)cc(C(F)(F)F)c4)cc32)c1. The molecule has 0 atom stereocenters. The number of hydrogen-bond donors (Lipinski definition) is 1. The minimum atomic E-state index is -5.09. The van der Waals surface area contributed by atoms with E-state index in [1.165, 1.54) is 23.1 Å². The molecule has 3 aromatic carbocycles. The van der Waals surface area contributed by atoms with Gasteiger partial charge in [-0.1, -0.05) is 12.1 Å². The van der Waals surface area contributed by atoms with Gasteiger partial charge in [0.1, 0.15) is 11.5 Å². The van der Waals surface area contributed by atoms with Gasteiger partial charge in [-0.05, 0) is 67.4 Å². The van der Waals surface area contributed by atoms with Gasteiger partial charge >= 0.3 is 12.4 Å². The third-order valence-electron chi connectivity index (χ3n) is 5.79. The van der Waals surface area contributed by atoms with Crippen LogP contribution in [0.4, 0.5) is 37.7 Å². The predicted octanol–water partition coefficient (Wildman–Crippen LogP) is 6.48. The number of anilines is 2. The Hall–Kier alpha value is -4.22. The van der Waals surface area contributed by atoms with Gasteiger partial charge in [-0.3, -0.25) is 9.59 Å². The average molecular weight is 552 g/mol. The van der Waals surface area contributed by atoms with Crippen LogP contribution in [0, 0.1) is 6.92 Å². The number of benzene rings is 3. The largest absolute Gasteiger partial charge is 0.494 e. The number of ether oxygens (including phenoxy) is 2. The highest BCUT2D eigenvalue weighted by Gasteiger charge is 2.37. The Morgan fingerprint density at radius 2 is 1.67 bits per heavy atom. The zero-order valence-electron chi connectivity index (χ0n) is 20.4. The van der Waals surface area contributed by atoms with Crippen molar-refractivity contribution in [2.45, 2.75) is 25.7 Å². The lowest BCUT2D eigenvalue weighted by Crippen LogP contribution is -2.39. The van der Waals surface area contributed by atoms with E-state index in [4.69, 9.17) is 9.47 Å². The molecule has 3 aromatic rings. The Morgan fingerprint density at radius 3 is 2.31 bits per heavy atom. The summed E-state index contributed by atoms with van der Waals surface area (Å²) in [6, 6.07) is 12.3. The average Bonchev–Trinajstić information content (AvgIpc) is 2.86. The molecular formula is C27H22F6N2O4. The van der Waals surface area contributed by atoms with Crippen molar-refractivity contribution in [2.75, 3.05) is 30.0 Å². The second-order valence-corrected chi connectivity index (χ2v) is 8.78. The summed E-state index contributed by atoms with van der Waals surface area (Å²) in [4.78, 5) is 26.6. The fraction of sp³-hybridized carbons (Fsp3) is 0.259. The van der Waals surface area contributed by atoms with E-state index in [9.17, 15) is 35.9 Å². The van der Waals surface area contributed by atoms with Crippen LogP contribution in [0.1, 0.15) is 33.5 Å². The second kappa shape index (κ2) is 10.9. The molecule has 0 saturated heterocycles. The quantitative estimate of drug-likeness (QED) is 0.269. The Bertz CT molecular complexity index is 1360. The summed E-state index contributed by atoms with van der Waals surface area (Å²) >= 11 is 0. The van der Waals surface area contributed by atoms with Gasteiger partial charge in [0.2, 0.25) is 0 Å². The predicted molar refractivity (Wildman–Crippen MR) is 130 cm³/mol. The van der Waals surface area contributed by atoms with Gasteiger partial charge in [0, 0.05) is 17.8 Å². The molecule has 1 aliphatic heterocycles. The number of fused-ring (bicyclic) bond motifs is 1. The molecule has 0 spiro atoms. The van der Waals surface area contributed by atoms with Crippen molar-refractivity contribution in [1.82, 2.24) is 0 Å². The van der Waals surface area contributed by atoms with Gasteiger partial charge in [-0.15, -0.1) is 0 Å². The highest BCUT2D eigenvalue weighted by molar-refractivity contribution is 6.05. The van der Waals surface area contributed by atoms with Gasteiger partial charge in [0.05, 0.1) is 23.4 Å². The molecule has 206 valence electrons. The number of carbonyl (C=O) groups excluding carboxylic acids is 2. The Kier molecular flexibility index (Phi) is 7.75. The summed E-state index contributed by atoms with van der Waals surface area (Å²) in [6.07, 6.45) is -9.74. The molecule has 1 N–H and O–H groups in total. The highest BCUT2D eigenvalue weighted by atomic mass is 19.4. The fourth-order valence-electron chi connectivity index (χ4n) is 3.93. The number of amides is 2. The molecule has 1 aliphatic rings. The van der Waals surface area contributed by atoms with Crippen LogP contribution >= 0.6 is 0 Å². The number of aryl methyl sites for hydroxylation is 1. The molecule has 39 heavy (non-hydrogen) atoms. The van der Waals surface area contributed by atoms with Crippen molar-refractivity contribution in [3.63, 3.8) is 0 Å². The van der Waals surface area contributed by atoms with Crippen LogP contribution in [-0.4, -0.2) is 31.6 Å². The van der Waals surface area contributed by atoms with Crippen molar-refractivity contribution in [3.8, 4) is 11.5 Å². The molecule has 0 radical (unpaired) electrons. The third-order valence-corrected chi connectivity index (χ3v) is 5.79. The van der Waals surface area contributed by atoms with Gasteiger partial charge in [-0.2, -0.15) is 26.3 Å². The normalized spacial score (nSPS) is 13.5. The number of rotatable bonds is 7. The Labute approximate surface area is 219 Å². The minimum absolute atomic E-state index is 0.0454. The summed E-state index contributed by atoms with van der Waals surface area (Å²) in [7, 11) is 0. The first-order chi connectivity index (χ1) is 18.3. The van der Waals surface area contributed by atoms with Crippen LogP contribution in [0.25, 0.3) is 0 Å². The number of carbonyl (C=O) groups is 2. The van der Waals surface area contributed by atoms with E-state index in [0.29, 0.717) is 42.3 Å². The summed E-state index contributed by atoms with van der Waals surface area (Å²) in [5.74, 6) is -0.551. The molecule has 0 fully saturated rings. The van der Waals surface area contributed by atoms with Crippen LogP contribution in [0.5, 0.6) is 11.5 Å². The summed E-state index contributed by atoms with van der Waals surface area (Å²) in [6.45, 7) is 2.24. The monoisotopic (exact) mass is 552 g/mol. The summed E-state index contributed by atoms with van der Waals surface area (Å²) in [5, 5.41) is 2.30. The van der Waals surface area contributed by atoms with Crippen molar-refractivity contribution in [2.24, 2.45) is 0 Å². The zero-order chi connectivity index (χ0) is 28.4. The van der Waals surface area contributed by atoms with E-state index in [1.807, 2.05) is 25.1 Å². The van der Waals surface area contributed by atoms with Crippen LogP contribution in [-0.2, 0) is 17.1 Å². The number of halogens is 6. The van der Waals surface area contributed by atoms with Crippen LogP contribution in [0.15, 0.2) is 60.7 Å². The van der Waals surface area contributed by atoms with E-state index in [1.54, 1.807) is 6.07 Å². The van der Waals surface area contributed by atoms with Gasteiger partial charge in [0.25, 0.3) is 11.8 Å². The maximum atomic E-state index is 13.2. The number of alkyl halides is 6. The van der Waals surface area contributed by atoms with E-state index in [0.717, 1.165) is 5.56 Å². The third kappa shape index (κ3) is 6.81. The molecule has 6 nitrogen and oxygen atoms in total. The second-order valence-electron chi connectivity index (χ2n) is 8.78. The maximum Gasteiger partial charge on any atom is 0.416 e. The molecule has 2 amide bonds. The molecule has 0 aromatic heterocycles. The molecule has 4 rings (SSSR count). The maximum absolute atomic E-state index is 13.2. The van der Waals surface area contributed by atoms with E-state index in [-0.39, 0.29) is 30.8 Å². The van der Waals surface area contributed by atoms with Crippen LogP contribution in [0.3, 0.4) is 0 Å². The zero-order valence-corrected chi connectivity index (χ0v) is 20.4. The van der Waals surface area contributed by atoms with E-state index < -0.39 is 35.0 Å². The highest BCUT2D eigenvalue weighted by Crippen LogP contribution is 2.37. The summed E-state index contributed by atoms with van der Waals surface area (Å²) < 4.78 is 90.2. The topological polar surface area (TPSA) is 67.9 Å². The van der Waals surface area contributed by atoms with Crippen LogP contribution in [0.2, 0.25) is 0 Å². The van der Waals surface area contributed by atoms with E-state index >= 15 is 0 Å². The molecule has 0 unspecified atom stereocenters. The number of nitrogens with one attached hydrogen (secondary N) is 1. The smallest absolute Gasteiger partial charge is 0.416 e. The standard InChI is InChI=1S/C27H22F6N2O4/c1-16-4-2-5-21(10-16)38-9-3-8-35-22-14-20(6-7-23(22)39-15-24(35)36)34-25(37)17-11-18(26(28,29)30)13-19(12-17)27(31,32)33/h2,4-7,10-14H,3,8-9,15H2,1H3,(H,34,37). The fourth-order valence-corrected chi connectivity index (χ4v) is 3.93. The molecule has 0 saturated carbocycles. The minimum Gasteiger partial charge on any atom is -0.494 e. The lowest BCUT2D eigenvalue weighted by Gasteiger charge is -2.30. The Morgan fingerprint density at radius 1 is 0.974 bits per heavy atom.